The summed E-state index contributed by atoms with van der Waals surface area (Å²) in [4.78, 5) is 16.1. The molecule has 0 bridgehead atoms. The summed E-state index contributed by atoms with van der Waals surface area (Å²) in [6, 6.07) is 10.1. The van der Waals surface area contributed by atoms with E-state index in [1.165, 1.54) is 5.56 Å². The van der Waals surface area contributed by atoms with Crippen LogP contribution in [0.2, 0.25) is 0 Å². The lowest BCUT2D eigenvalue weighted by atomic mass is 10.2. The minimum absolute atomic E-state index is 0.420. The number of rotatable bonds is 9. The fourth-order valence-corrected chi connectivity index (χ4v) is 4.09. The summed E-state index contributed by atoms with van der Waals surface area (Å²) < 4.78 is 2.07. The number of nitrogens with two attached hydrogens (primary N) is 2. The molecule has 0 aliphatic carbocycles. The lowest BCUT2D eigenvalue weighted by Gasteiger charge is -2.23. The van der Waals surface area contributed by atoms with E-state index in [0.717, 1.165) is 49.2 Å². The van der Waals surface area contributed by atoms with Crippen LogP contribution < -0.4 is 16.4 Å². The highest BCUT2D eigenvalue weighted by atomic mass is 32.1. The first kappa shape index (κ1) is 20.2. The van der Waals surface area contributed by atoms with Gasteiger partial charge < -0.3 is 20.9 Å². The van der Waals surface area contributed by atoms with Crippen LogP contribution in [-0.2, 0) is 19.5 Å². The highest BCUT2D eigenvalue weighted by Gasteiger charge is 2.16. The summed E-state index contributed by atoms with van der Waals surface area (Å²) >= 11 is 1.71. The lowest BCUT2D eigenvalue weighted by Crippen LogP contribution is -2.26. The molecular formula is C22H27N7S. The van der Waals surface area contributed by atoms with E-state index >= 15 is 0 Å². The highest BCUT2D eigenvalue weighted by molar-refractivity contribution is 7.07. The van der Waals surface area contributed by atoms with Crippen molar-refractivity contribution in [2.75, 3.05) is 22.9 Å². The van der Waals surface area contributed by atoms with E-state index in [2.05, 4.69) is 43.2 Å². The number of aryl methyl sites for hydroxylation is 2. The summed E-state index contributed by atoms with van der Waals surface area (Å²) in [5.41, 5.74) is 16.8. The molecule has 1 aromatic carbocycles. The number of fused-ring (bicyclic) bond motifs is 1. The van der Waals surface area contributed by atoms with E-state index in [9.17, 15) is 0 Å². The average Bonchev–Trinajstić information content (AvgIpc) is 3.41. The zero-order chi connectivity index (χ0) is 20.9. The largest absolute Gasteiger partial charge is 0.399 e. The van der Waals surface area contributed by atoms with Gasteiger partial charge in [-0.1, -0.05) is 25.5 Å². The zero-order valence-electron chi connectivity index (χ0n) is 17.2. The van der Waals surface area contributed by atoms with Gasteiger partial charge in [0.05, 0.1) is 6.33 Å². The Hall–Kier alpha value is -3.13. The molecule has 4 N–H and O–H groups in total. The number of imidazole rings is 1. The zero-order valence-corrected chi connectivity index (χ0v) is 18.0. The minimum Gasteiger partial charge on any atom is -0.399 e. The molecule has 4 rings (SSSR count). The Balaban J connectivity index is 1.63. The molecule has 0 saturated carbocycles. The Bertz CT molecular complexity index is 1090. The van der Waals surface area contributed by atoms with Crippen LogP contribution in [0.4, 0.5) is 17.5 Å². The fourth-order valence-electron chi connectivity index (χ4n) is 3.39. The van der Waals surface area contributed by atoms with E-state index in [1.807, 2.05) is 30.6 Å². The van der Waals surface area contributed by atoms with Crippen molar-refractivity contribution in [3.63, 3.8) is 0 Å². The molecule has 30 heavy (non-hydrogen) atoms. The highest BCUT2D eigenvalue weighted by Crippen LogP contribution is 2.23. The second kappa shape index (κ2) is 9.13. The van der Waals surface area contributed by atoms with Gasteiger partial charge in [-0.3, -0.25) is 0 Å². The molecule has 156 valence electrons. The van der Waals surface area contributed by atoms with Gasteiger partial charge in [0.2, 0.25) is 5.95 Å². The normalized spacial score (nSPS) is 11.2. The number of nitrogens with zero attached hydrogens (tertiary/aromatic N) is 5. The molecule has 0 aliphatic heterocycles. The molecule has 0 unspecified atom stereocenters. The van der Waals surface area contributed by atoms with Crippen LogP contribution in [0.3, 0.4) is 0 Å². The SMILES string of the molecule is CCCCN(Cc1ccc(N)cc1)c1nc(N)c2ncn(CCc3ccsc3)c2n1. The molecule has 0 radical (unpaired) electrons. The number of unbranched alkanes of at least 4 members (excludes halogenated alkanes) is 1. The van der Waals surface area contributed by atoms with Gasteiger partial charge in [0.15, 0.2) is 11.5 Å². The number of thiophene rings is 1. The number of anilines is 3. The topological polar surface area (TPSA) is 98.9 Å². The quantitative estimate of drug-likeness (QED) is 0.395. The van der Waals surface area contributed by atoms with Crippen LogP contribution in [0.5, 0.6) is 0 Å². The second-order valence-corrected chi connectivity index (χ2v) is 8.20. The van der Waals surface area contributed by atoms with E-state index in [4.69, 9.17) is 16.5 Å². The monoisotopic (exact) mass is 421 g/mol. The van der Waals surface area contributed by atoms with Crippen LogP contribution in [0.15, 0.2) is 47.4 Å². The van der Waals surface area contributed by atoms with E-state index < -0.39 is 0 Å². The maximum atomic E-state index is 6.27. The Morgan fingerprint density at radius 1 is 1.07 bits per heavy atom. The van der Waals surface area contributed by atoms with Gasteiger partial charge in [-0.25, -0.2) is 4.98 Å². The standard InChI is InChI=1S/C22H27N7S/c1-2-3-10-28(13-16-4-6-18(23)7-5-16)22-26-20(24)19-21(27-22)29(15-25-19)11-8-17-9-12-30-14-17/h4-7,9,12,14-15H,2-3,8,10-11,13,23H2,1H3,(H2,24,26,27). The molecule has 8 heteroatoms. The molecule has 0 aliphatic rings. The molecule has 0 saturated heterocycles. The molecule has 0 spiro atoms. The van der Waals surface area contributed by atoms with Crippen LogP contribution >= 0.6 is 11.3 Å². The first-order valence-electron chi connectivity index (χ1n) is 10.2. The van der Waals surface area contributed by atoms with Crippen molar-refractivity contribution in [3.8, 4) is 0 Å². The summed E-state index contributed by atoms with van der Waals surface area (Å²) in [6.45, 7) is 4.54. The Morgan fingerprint density at radius 2 is 1.90 bits per heavy atom. The number of hydrogen-bond acceptors (Lipinski definition) is 7. The molecular weight excluding hydrogens is 394 g/mol. The smallest absolute Gasteiger partial charge is 0.229 e. The third kappa shape index (κ3) is 4.54. The van der Waals surface area contributed by atoms with E-state index in [-0.39, 0.29) is 0 Å². The predicted octanol–water partition coefficient (Wildman–Crippen LogP) is 4.10. The number of benzene rings is 1. The number of hydrogen-bond donors (Lipinski definition) is 2. The maximum Gasteiger partial charge on any atom is 0.229 e. The maximum absolute atomic E-state index is 6.27. The number of aromatic nitrogens is 4. The first-order chi connectivity index (χ1) is 14.6. The molecule has 0 fully saturated rings. The Labute approximate surface area is 180 Å². The first-order valence-corrected chi connectivity index (χ1v) is 11.2. The van der Waals surface area contributed by atoms with Gasteiger partial charge in [0.25, 0.3) is 0 Å². The Kier molecular flexibility index (Phi) is 6.13. The minimum atomic E-state index is 0.420. The summed E-state index contributed by atoms with van der Waals surface area (Å²) in [7, 11) is 0. The van der Waals surface area contributed by atoms with Crippen molar-refractivity contribution < 1.29 is 0 Å². The fraction of sp³-hybridized carbons (Fsp3) is 0.318. The summed E-state index contributed by atoms with van der Waals surface area (Å²) in [5, 5.41) is 4.27. The Morgan fingerprint density at radius 3 is 2.63 bits per heavy atom. The van der Waals surface area contributed by atoms with Gasteiger partial charge in [-0.15, -0.1) is 0 Å². The summed E-state index contributed by atoms with van der Waals surface area (Å²) in [5.74, 6) is 1.06. The van der Waals surface area contributed by atoms with Crippen LogP contribution in [0.25, 0.3) is 11.2 Å². The third-order valence-corrected chi connectivity index (χ3v) is 5.85. The van der Waals surface area contributed by atoms with Gasteiger partial charge in [0, 0.05) is 25.3 Å². The van der Waals surface area contributed by atoms with Crippen molar-refractivity contribution in [1.82, 2.24) is 19.5 Å². The van der Waals surface area contributed by atoms with Gasteiger partial charge in [-0.05, 0) is 52.9 Å². The predicted molar refractivity (Wildman–Crippen MR) is 125 cm³/mol. The van der Waals surface area contributed by atoms with Crippen LogP contribution in [0.1, 0.15) is 30.9 Å². The van der Waals surface area contributed by atoms with Crippen molar-refractivity contribution in [2.24, 2.45) is 0 Å². The lowest BCUT2D eigenvalue weighted by molar-refractivity contribution is 0.690. The molecule has 4 aromatic rings. The molecule has 7 nitrogen and oxygen atoms in total. The van der Waals surface area contributed by atoms with Crippen LogP contribution in [-0.4, -0.2) is 26.1 Å². The molecule has 3 heterocycles. The molecule has 3 aromatic heterocycles. The third-order valence-electron chi connectivity index (χ3n) is 5.12. The van der Waals surface area contributed by atoms with Crippen LogP contribution in [0, 0.1) is 0 Å². The number of nitrogen functional groups attached to an aromatic ring is 2. The van der Waals surface area contributed by atoms with Gasteiger partial charge >= 0.3 is 0 Å². The summed E-state index contributed by atoms with van der Waals surface area (Å²) in [6.07, 6.45) is 4.88. The van der Waals surface area contributed by atoms with E-state index in [0.29, 0.717) is 23.8 Å². The molecule has 0 amide bonds. The second-order valence-electron chi connectivity index (χ2n) is 7.42. The van der Waals surface area contributed by atoms with Gasteiger partial charge in [0.1, 0.15) is 5.52 Å². The van der Waals surface area contributed by atoms with Gasteiger partial charge in [-0.2, -0.15) is 21.3 Å². The van der Waals surface area contributed by atoms with Crippen molar-refractivity contribution in [1.29, 1.82) is 0 Å². The van der Waals surface area contributed by atoms with Crippen molar-refractivity contribution in [2.45, 2.75) is 39.3 Å². The molecule has 0 atom stereocenters. The van der Waals surface area contributed by atoms with E-state index in [1.54, 1.807) is 11.3 Å². The van der Waals surface area contributed by atoms with Crippen molar-refractivity contribution in [3.05, 3.63) is 58.5 Å². The average molecular weight is 422 g/mol. The van der Waals surface area contributed by atoms with Crippen molar-refractivity contribution >= 4 is 40.0 Å².